The first-order valence-corrected chi connectivity index (χ1v) is 9.72. The number of ether oxygens (including phenoxy) is 1. The molecule has 9 heteroatoms. The fraction of sp³-hybridized carbons (Fsp3) is 0.0455. The Morgan fingerprint density at radius 3 is 2.23 bits per heavy atom. The van der Waals surface area contributed by atoms with Gasteiger partial charge in [0.25, 0.3) is 0 Å². The van der Waals surface area contributed by atoms with Gasteiger partial charge < -0.3 is 10.1 Å². The summed E-state index contributed by atoms with van der Waals surface area (Å²) in [6.07, 6.45) is 1.38. The molecule has 3 aromatic rings. The molecule has 0 unspecified atom stereocenters. The maximum absolute atomic E-state index is 12.9. The van der Waals surface area contributed by atoms with E-state index in [9.17, 15) is 14.0 Å². The zero-order valence-corrected chi connectivity index (χ0v) is 17.5. The van der Waals surface area contributed by atoms with Crippen LogP contribution >= 0.6 is 23.2 Å². The lowest BCUT2D eigenvalue weighted by Gasteiger charge is -2.06. The summed E-state index contributed by atoms with van der Waals surface area (Å²) in [5.41, 5.74) is 3.94. The minimum atomic E-state index is -0.952. The highest BCUT2D eigenvalue weighted by molar-refractivity contribution is 6.40. The molecule has 0 fully saturated rings. The van der Waals surface area contributed by atoms with E-state index in [0.29, 0.717) is 28.0 Å². The molecule has 0 atom stereocenters. The Bertz CT molecular complexity index is 1080. The minimum Gasteiger partial charge on any atom is -0.489 e. The quantitative estimate of drug-likeness (QED) is 0.315. The Balaban J connectivity index is 1.47. The third kappa shape index (κ3) is 7.09. The number of rotatable bonds is 6. The maximum Gasteiger partial charge on any atom is 0.329 e. The van der Waals surface area contributed by atoms with Gasteiger partial charge in [0.2, 0.25) is 0 Å². The summed E-state index contributed by atoms with van der Waals surface area (Å²) in [6.45, 7) is 0.302. The van der Waals surface area contributed by atoms with Crippen LogP contribution in [-0.4, -0.2) is 18.0 Å². The Kier molecular flexibility index (Phi) is 7.59. The molecule has 31 heavy (non-hydrogen) atoms. The number of anilines is 1. The molecular formula is C22H16Cl2FN3O3. The topological polar surface area (TPSA) is 79.8 Å². The van der Waals surface area contributed by atoms with E-state index in [1.54, 1.807) is 36.4 Å². The summed E-state index contributed by atoms with van der Waals surface area (Å²) in [7, 11) is 0. The van der Waals surface area contributed by atoms with Crippen LogP contribution in [-0.2, 0) is 16.2 Å². The van der Waals surface area contributed by atoms with E-state index in [-0.39, 0.29) is 11.5 Å². The van der Waals surface area contributed by atoms with Crippen molar-refractivity contribution in [1.29, 1.82) is 0 Å². The molecule has 6 nitrogen and oxygen atoms in total. The van der Waals surface area contributed by atoms with Crippen LogP contribution in [0.5, 0.6) is 5.75 Å². The van der Waals surface area contributed by atoms with Gasteiger partial charge in [-0.1, -0.05) is 35.3 Å². The number of nitrogens with zero attached hydrogens (tertiary/aromatic N) is 1. The van der Waals surface area contributed by atoms with Gasteiger partial charge in [-0.3, -0.25) is 9.59 Å². The van der Waals surface area contributed by atoms with Gasteiger partial charge in [0, 0.05) is 15.7 Å². The Hall–Kier alpha value is -3.42. The molecular weight excluding hydrogens is 444 g/mol. The molecule has 158 valence electrons. The highest BCUT2D eigenvalue weighted by Gasteiger charge is 2.13. The molecule has 0 saturated heterocycles. The van der Waals surface area contributed by atoms with Gasteiger partial charge >= 0.3 is 11.8 Å². The SMILES string of the molecule is O=C(N/N=C/c1ccc(OCc2ccc(F)cc2)cc1)C(=O)Nc1cc(Cl)cc(Cl)c1. The van der Waals surface area contributed by atoms with Gasteiger partial charge in [0.05, 0.1) is 6.21 Å². The summed E-state index contributed by atoms with van der Waals surface area (Å²) < 4.78 is 18.5. The number of hydrogen-bond acceptors (Lipinski definition) is 4. The first-order valence-electron chi connectivity index (χ1n) is 8.97. The molecule has 2 amide bonds. The molecule has 0 aliphatic carbocycles. The molecule has 0 radical (unpaired) electrons. The number of carbonyl (C=O) groups excluding carboxylic acids is 2. The van der Waals surface area contributed by atoms with Crippen LogP contribution < -0.4 is 15.5 Å². The highest BCUT2D eigenvalue weighted by Crippen LogP contribution is 2.22. The van der Waals surface area contributed by atoms with Crippen LogP contribution in [0.4, 0.5) is 10.1 Å². The van der Waals surface area contributed by atoms with Gasteiger partial charge in [0.15, 0.2) is 0 Å². The van der Waals surface area contributed by atoms with Crippen LogP contribution in [0.15, 0.2) is 71.8 Å². The number of amides is 2. The van der Waals surface area contributed by atoms with Gasteiger partial charge in [-0.2, -0.15) is 5.10 Å². The summed E-state index contributed by atoms with van der Waals surface area (Å²) in [6, 6.07) is 17.4. The second kappa shape index (κ2) is 10.6. The van der Waals surface area contributed by atoms with Crippen molar-refractivity contribution < 1.29 is 18.7 Å². The van der Waals surface area contributed by atoms with E-state index in [1.165, 1.54) is 36.5 Å². The first-order chi connectivity index (χ1) is 14.9. The predicted molar refractivity (Wildman–Crippen MR) is 118 cm³/mol. The summed E-state index contributed by atoms with van der Waals surface area (Å²) in [5, 5.41) is 6.79. The van der Waals surface area contributed by atoms with Crippen LogP contribution in [0.25, 0.3) is 0 Å². The third-order valence-corrected chi connectivity index (χ3v) is 4.34. The zero-order valence-electron chi connectivity index (χ0n) is 15.9. The molecule has 0 bridgehead atoms. The van der Waals surface area contributed by atoms with Gasteiger partial charge in [-0.05, 0) is 65.7 Å². The van der Waals surface area contributed by atoms with Crippen LogP contribution in [0, 0.1) is 5.82 Å². The van der Waals surface area contributed by atoms with Crippen molar-refractivity contribution in [2.45, 2.75) is 6.61 Å². The van der Waals surface area contributed by atoms with Gasteiger partial charge in [-0.25, -0.2) is 9.82 Å². The summed E-state index contributed by atoms with van der Waals surface area (Å²) in [4.78, 5) is 23.8. The van der Waals surface area contributed by atoms with E-state index in [1.807, 2.05) is 0 Å². The number of benzene rings is 3. The maximum atomic E-state index is 12.9. The molecule has 0 spiro atoms. The Morgan fingerprint density at radius 1 is 0.935 bits per heavy atom. The monoisotopic (exact) mass is 459 g/mol. The lowest BCUT2D eigenvalue weighted by atomic mass is 10.2. The number of hydrogen-bond donors (Lipinski definition) is 2. The average molecular weight is 460 g/mol. The summed E-state index contributed by atoms with van der Waals surface area (Å²) in [5.74, 6) is -1.55. The lowest BCUT2D eigenvalue weighted by molar-refractivity contribution is -0.136. The van der Waals surface area contributed by atoms with Crippen molar-refractivity contribution in [2.24, 2.45) is 5.10 Å². The Morgan fingerprint density at radius 2 is 1.58 bits per heavy atom. The lowest BCUT2D eigenvalue weighted by Crippen LogP contribution is -2.32. The number of nitrogens with one attached hydrogen (secondary N) is 2. The predicted octanol–water partition coefficient (Wildman–Crippen LogP) is 4.80. The smallest absolute Gasteiger partial charge is 0.329 e. The molecule has 3 rings (SSSR count). The van der Waals surface area contributed by atoms with E-state index >= 15 is 0 Å². The van der Waals surface area contributed by atoms with Crippen LogP contribution in [0.3, 0.4) is 0 Å². The number of hydrazone groups is 1. The molecule has 0 heterocycles. The highest BCUT2D eigenvalue weighted by atomic mass is 35.5. The van der Waals surface area contributed by atoms with E-state index < -0.39 is 11.8 Å². The van der Waals surface area contributed by atoms with Crippen molar-refractivity contribution in [2.75, 3.05) is 5.32 Å². The third-order valence-electron chi connectivity index (χ3n) is 3.91. The average Bonchev–Trinajstić information content (AvgIpc) is 2.73. The van der Waals surface area contributed by atoms with E-state index in [4.69, 9.17) is 27.9 Å². The molecule has 2 N–H and O–H groups in total. The standard InChI is InChI=1S/C22H16Cl2FN3O3/c23-16-9-17(24)11-19(10-16)27-21(29)22(30)28-26-12-14-3-7-20(8-4-14)31-13-15-1-5-18(25)6-2-15/h1-12H,13H2,(H,27,29)(H,28,30)/b26-12+. The number of carbonyl (C=O) groups is 2. The molecule has 3 aromatic carbocycles. The summed E-state index contributed by atoms with van der Waals surface area (Å²) >= 11 is 11.7. The van der Waals surface area contributed by atoms with Gasteiger partial charge in [-0.15, -0.1) is 0 Å². The second-order valence-electron chi connectivity index (χ2n) is 6.30. The fourth-order valence-corrected chi connectivity index (χ4v) is 2.95. The molecule has 0 saturated carbocycles. The van der Waals surface area contributed by atoms with E-state index in [0.717, 1.165) is 5.56 Å². The van der Waals surface area contributed by atoms with Crippen molar-refractivity contribution in [3.63, 3.8) is 0 Å². The first kappa shape index (κ1) is 22.3. The Labute approximate surface area is 187 Å². The molecule has 0 aliphatic heterocycles. The zero-order chi connectivity index (χ0) is 22.2. The molecule has 0 aliphatic rings. The fourth-order valence-electron chi connectivity index (χ4n) is 2.43. The van der Waals surface area contributed by atoms with Crippen LogP contribution in [0.1, 0.15) is 11.1 Å². The number of halogens is 3. The van der Waals surface area contributed by atoms with Crippen molar-refractivity contribution in [3.8, 4) is 5.75 Å². The van der Waals surface area contributed by atoms with E-state index in [2.05, 4.69) is 15.8 Å². The minimum absolute atomic E-state index is 0.290. The molecule has 0 aromatic heterocycles. The normalized spacial score (nSPS) is 10.7. The largest absolute Gasteiger partial charge is 0.489 e. The second-order valence-corrected chi connectivity index (χ2v) is 7.17. The van der Waals surface area contributed by atoms with Gasteiger partial charge in [0.1, 0.15) is 18.2 Å². The van der Waals surface area contributed by atoms with Crippen molar-refractivity contribution in [1.82, 2.24) is 5.43 Å². The van der Waals surface area contributed by atoms with Crippen molar-refractivity contribution in [3.05, 3.63) is 93.7 Å². The van der Waals surface area contributed by atoms with Crippen LogP contribution in [0.2, 0.25) is 10.0 Å². The van der Waals surface area contributed by atoms with Crippen molar-refractivity contribution >= 4 is 46.9 Å².